The first kappa shape index (κ1) is 15.4. The van der Waals surface area contributed by atoms with E-state index in [-0.39, 0.29) is 11.9 Å². The van der Waals surface area contributed by atoms with Gasteiger partial charge in [0.1, 0.15) is 0 Å². The Morgan fingerprint density at radius 2 is 2.28 bits per heavy atom. The average molecular weight is 255 g/mol. The SMILES string of the molecule is CCCCNC(=O)C(C)N(CC)C1CCCNC1. The third kappa shape index (κ3) is 4.58. The van der Waals surface area contributed by atoms with Crippen molar-refractivity contribution in [2.45, 2.75) is 58.5 Å². The van der Waals surface area contributed by atoms with Crippen LogP contribution in [0.25, 0.3) is 0 Å². The van der Waals surface area contributed by atoms with Crippen molar-refractivity contribution in [3.8, 4) is 0 Å². The van der Waals surface area contributed by atoms with E-state index in [1.54, 1.807) is 0 Å². The summed E-state index contributed by atoms with van der Waals surface area (Å²) in [5, 5.41) is 6.46. The topological polar surface area (TPSA) is 44.4 Å². The molecule has 1 rings (SSSR count). The number of nitrogens with one attached hydrogen (secondary N) is 2. The molecule has 0 aromatic rings. The molecule has 2 unspecified atom stereocenters. The average Bonchev–Trinajstić information content (AvgIpc) is 2.41. The van der Waals surface area contributed by atoms with E-state index in [0.29, 0.717) is 6.04 Å². The largest absolute Gasteiger partial charge is 0.355 e. The van der Waals surface area contributed by atoms with Crippen LogP contribution in [0.5, 0.6) is 0 Å². The number of rotatable bonds is 7. The maximum atomic E-state index is 12.1. The predicted molar refractivity (Wildman–Crippen MR) is 75.7 cm³/mol. The molecule has 2 atom stereocenters. The van der Waals surface area contributed by atoms with Crippen molar-refractivity contribution in [1.82, 2.24) is 15.5 Å². The standard InChI is InChI=1S/C14H29N3O/c1-4-6-10-16-14(18)12(3)17(5-2)13-8-7-9-15-11-13/h12-13,15H,4-11H2,1-3H3,(H,16,18). The van der Waals surface area contributed by atoms with E-state index in [9.17, 15) is 4.79 Å². The van der Waals surface area contributed by atoms with Gasteiger partial charge < -0.3 is 10.6 Å². The molecule has 1 saturated heterocycles. The Kier molecular flexibility index (Phi) is 7.28. The molecule has 0 aliphatic carbocycles. The van der Waals surface area contributed by atoms with Crippen LogP contribution in [-0.2, 0) is 4.79 Å². The molecule has 4 nitrogen and oxygen atoms in total. The first-order valence-electron chi connectivity index (χ1n) is 7.44. The fourth-order valence-corrected chi connectivity index (χ4v) is 2.65. The van der Waals surface area contributed by atoms with E-state index in [1.807, 2.05) is 6.92 Å². The van der Waals surface area contributed by atoms with Gasteiger partial charge in [0.05, 0.1) is 6.04 Å². The first-order valence-corrected chi connectivity index (χ1v) is 7.44. The molecular weight excluding hydrogens is 226 g/mol. The van der Waals surface area contributed by atoms with Gasteiger partial charge in [-0.2, -0.15) is 0 Å². The van der Waals surface area contributed by atoms with Crippen LogP contribution in [0.4, 0.5) is 0 Å². The zero-order chi connectivity index (χ0) is 13.4. The highest BCUT2D eigenvalue weighted by Crippen LogP contribution is 2.13. The second kappa shape index (κ2) is 8.48. The molecule has 1 fully saturated rings. The molecule has 0 spiro atoms. The Hall–Kier alpha value is -0.610. The van der Waals surface area contributed by atoms with Crippen LogP contribution < -0.4 is 10.6 Å². The maximum Gasteiger partial charge on any atom is 0.237 e. The second-order valence-corrected chi connectivity index (χ2v) is 5.15. The zero-order valence-corrected chi connectivity index (χ0v) is 12.2. The van der Waals surface area contributed by atoms with Gasteiger partial charge in [0.25, 0.3) is 0 Å². The number of carbonyl (C=O) groups excluding carboxylic acids is 1. The Labute approximate surface area is 111 Å². The van der Waals surface area contributed by atoms with E-state index >= 15 is 0 Å². The van der Waals surface area contributed by atoms with Gasteiger partial charge in [-0.3, -0.25) is 9.69 Å². The first-order chi connectivity index (χ1) is 8.70. The fourth-order valence-electron chi connectivity index (χ4n) is 2.65. The highest BCUT2D eigenvalue weighted by Gasteiger charge is 2.27. The van der Waals surface area contributed by atoms with Crippen LogP contribution in [0.15, 0.2) is 0 Å². The van der Waals surface area contributed by atoms with Gasteiger partial charge in [0.15, 0.2) is 0 Å². The monoisotopic (exact) mass is 255 g/mol. The van der Waals surface area contributed by atoms with E-state index in [2.05, 4.69) is 29.4 Å². The molecule has 106 valence electrons. The normalized spacial score (nSPS) is 21.9. The number of nitrogens with zero attached hydrogens (tertiary/aromatic N) is 1. The van der Waals surface area contributed by atoms with Gasteiger partial charge in [-0.1, -0.05) is 20.3 Å². The van der Waals surface area contributed by atoms with Crippen molar-refractivity contribution < 1.29 is 4.79 Å². The summed E-state index contributed by atoms with van der Waals surface area (Å²) in [6.07, 6.45) is 4.60. The van der Waals surface area contributed by atoms with Crippen LogP contribution in [0.1, 0.15) is 46.5 Å². The van der Waals surface area contributed by atoms with Crippen LogP contribution >= 0.6 is 0 Å². The summed E-state index contributed by atoms with van der Waals surface area (Å²) in [5.41, 5.74) is 0. The molecule has 0 aromatic heterocycles. The lowest BCUT2D eigenvalue weighted by Gasteiger charge is -2.37. The third-order valence-electron chi connectivity index (χ3n) is 3.81. The lowest BCUT2D eigenvalue weighted by atomic mass is 10.0. The maximum absolute atomic E-state index is 12.1. The van der Waals surface area contributed by atoms with Crippen LogP contribution in [-0.4, -0.2) is 49.1 Å². The van der Waals surface area contributed by atoms with Crippen LogP contribution in [0.2, 0.25) is 0 Å². The molecule has 2 N–H and O–H groups in total. The van der Waals surface area contributed by atoms with Crippen molar-refractivity contribution >= 4 is 5.91 Å². The summed E-state index contributed by atoms with van der Waals surface area (Å²) in [4.78, 5) is 14.4. The number of hydrogen-bond donors (Lipinski definition) is 2. The molecule has 1 aliphatic rings. The van der Waals surface area contributed by atoms with Crippen molar-refractivity contribution in [2.75, 3.05) is 26.2 Å². The number of likely N-dealkylation sites (N-methyl/N-ethyl adjacent to an activating group) is 1. The summed E-state index contributed by atoms with van der Waals surface area (Å²) >= 11 is 0. The minimum Gasteiger partial charge on any atom is -0.355 e. The molecular formula is C14H29N3O. The number of unbranched alkanes of at least 4 members (excludes halogenated alkanes) is 1. The molecule has 0 bridgehead atoms. The van der Waals surface area contributed by atoms with Gasteiger partial charge in [-0.25, -0.2) is 0 Å². The Balaban J connectivity index is 2.44. The van der Waals surface area contributed by atoms with Crippen molar-refractivity contribution in [2.24, 2.45) is 0 Å². The molecule has 1 aliphatic heterocycles. The molecule has 0 saturated carbocycles. The summed E-state index contributed by atoms with van der Waals surface area (Å²) in [6, 6.07) is 0.493. The van der Waals surface area contributed by atoms with Gasteiger partial charge in [0, 0.05) is 19.1 Å². The molecule has 1 amide bonds. The quantitative estimate of drug-likeness (QED) is 0.675. The number of carbonyl (C=O) groups is 1. The van der Waals surface area contributed by atoms with Gasteiger partial charge in [0.2, 0.25) is 5.91 Å². The van der Waals surface area contributed by atoms with Gasteiger partial charge in [-0.15, -0.1) is 0 Å². The summed E-state index contributed by atoms with van der Waals surface area (Å²) in [6.45, 7) is 10.2. The Morgan fingerprint density at radius 1 is 1.50 bits per heavy atom. The number of amides is 1. The van der Waals surface area contributed by atoms with Crippen LogP contribution in [0, 0.1) is 0 Å². The Bertz CT molecular complexity index is 239. The minimum atomic E-state index is -0.0169. The van der Waals surface area contributed by atoms with E-state index in [0.717, 1.165) is 39.0 Å². The molecule has 4 heteroatoms. The Morgan fingerprint density at radius 3 is 2.83 bits per heavy atom. The summed E-state index contributed by atoms with van der Waals surface area (Å²) < 4.78 is 0. The van der Waals surface area contributed by atoms with E-state index < -0.39 is 0 Å². The van der Waals surface area contributed by atoms with Crippen molar-refractivity contribution in [1.29, 1.82) is 0 Å². The van der Waals surface area contributed by atoms with Crippen molar-refractivity contribution in [3.05, 3.63) is 0 Å². The molecule has 18 heavy (non-hydrogen) atoms. The second-order valence-electron chi connectivity index (χ2n) is 5.15. The van der Waals surface area contributed by atoms with Crippen molar-refractivity contribution in [3.63, 3.8) is 0 Å². The molecule has 0 aromatic carbocycles. The highest BCUT2D eigenvalue weighted by atomic mass is 16.2. The lowest BCUT2D eigenvalue weighted by Crippen LogP contribution is -2.54. The number of piperidine rings is 1. The predicted octanol–water partition coefficient (Wildman–Crippen LogP) is 1.37. The van der Waals surface area contributed by atoms with Crippen LogP contribution in [0.3, 0.4) is 0 Å². The smallest absolute Gasteiger partial charge is 0.237 e. The van der Waals surface area contributed by atoms with E-state index in [4.69, 9.17) is 0 Å². The highest BCUT2D eigenvalue weighted by molar-refractivity contribution is 5.81. The fraction of sp³-hybridized carbons (Fsp3) is 0.929. The molecule has 1 heterocycles. The summed E-state index contributed by atoms with van der Waals surface area (Å²) in [7, 11) is 0. The summed E-state index contributed by atoms with van der Waals surface area (Å²) in [5.74, 6) is 0.177. The van der Waals surface area contributed by atoms with Gasteiger partial charge in [-0.05, 0) is 39.3 Å². The number of hydrogen-bond acceptors (Lipinski definition) is 3. The minimum absolute atomic E-state index is 0.0169. The lowest BCUT2D eigenvalue weighted by molar-refractivity contribution is -0.126. The third-order valence-corrected chi connectivity index (χ3v) is 3.81. The van der Waals surface area contributed by atoms with Gasteiger partial charge >= 0.3 is 0 Å². The molecule has 0 radical (unpaired) electrons. The van der Waals surface area contributed by atoms with E-state index in [1.165, 1.54) is 12.8 Å². The zero-order valence-electron chi connectivity index (χ0n) is 12.2.